The van der Waals surface area contributed by atoms with Crippen LogP contribution in [-0.4, -0.2) is 47.8 Å². The lowest BCUT2D eigenvalue weighted by Crippen LogP contribution is -2.57. The summed E-state index contributed by atoms with van der Waals surface area (Å²) in [5.41, 5.74) is 1.68. The second-order valence-corrected chi connectivity index (χ2v) is 4.98. The lowest BCUT2D eigenvalue weighted by molar-refractivity contribution is 0.0558. The molecule has 1 aromatic carbocycles. The summed E-state index contributed by atoms with van der Waals surface area (Å²) in [6.07, 6.45) is 0.255. The smallest absolute Gasteiger partial charge is 0.431 e. The minimum Gasteiger partial charge on any atom is -0.448 e. The van der Waals surface area contributed by atoms with Gasteiger partial charge in [0, 0.05) is 12.1 Å². The van der Waals surface area contributed by atoms with E-state index in [2.05, 4.69) is 4.99 Å². The van der Waals surface area contributed by atoms with Gasteiger partial charge in [-0.2, -0.15) is 10.0 Å². The number of amides is 3. The Kier molecular flexibility index (Phi) is 3.70. The highest BCUT2D eigenvalue weighted by Gasteiger charge is 2.43. The summed E-state index contributed by atoms with van der Waals surface area (Å²) < 4.78 is 5.01. The molecule has 0 spiro atoms. The second kappa shape index (κ2) is 5.67. The molecule has 0 radical (unpaired) electrons. The average Bonchev–Trinajstić information content (AvgIpc) is 2.97. The van der Waals surface area contributed by atoms with E-state index in [1.54, 1.807) is 11.8 Å². The van der Waals surface area contributed by atoms with E-state index >= 15 is 0 Å². The highest BCUT2D eigenvalue weighted by atomic mass is 16.6. The fourth-order valence-electron chi connectivity index (χ4n) is 2.66. The molecule has 3 amide bonds. The number of urea groups is 1. The van der Waals surface area contributed by atoms with Crippen molar-refractivity contribution in [3.63, 3.8) is 0 Å². The molecule has 0 N–H and O–H groups in total. The molecule has 2 aliphatic rings. The van der Waals surface area contributed by atoms with Crippen molar-refractivity contribution in [3.8, 4) is 0 Å². The third-order valence-corrected chi connectivity index (χ3v) is 3.57. The van der Waals surface area contributed by atoms with Crippen LogP contribution in [0.2, 0.25) is 0 Å². The maximum Gasteiger partial charge on any atom is 0.431 e. The van der Waals surface area contributed by atoms with Crippen molar-refractivity contribution < 1.29 is 14.3 Å². The fourth-order valence-corrected chi connectivity index (χ4v) is 2.66. The van der Waals surface area contributed by atoms with E-state index in [-0.39, 0.29) is 19.3 Å². The molecule has 0 aliphatic carbocycles. The number of carbonyl (C=O) groups excluding carboxylic acids is 2. The molecule has 0 bridgehead atoms. The number of aliphatic imine (C=N–C) groups is 1. The maximum absolute atomic E-state index is 12.8. The number of anilines is 1. The number of rotatable bonds is 3. The second-order valence-electron chi connectivity index (χ2n) is 4.98. The van der Waals surface area contributed by atoms with E-state index in [1.807, 2.05) is 31.2 Å². The van der Waals surface area contributed by atoms with Gasteiger partial charge in [0.2, 0.25) is 0 Å². The number of ether oxygens (including phenoxy) is 1. The maximum atomic E-state index is 12.8. The monoisotopic (exact) mass is 302 g/mol. The van der Waals surface area contributed by atoms with Gasteiger partial charge in [0.05, 0.1) is 12.3 Å². The summed E-state index contributed by atoms with van der Waals surface area (Å²) in [5.74, 6) is 0.501. The third kappa shape index (κ3) is 2.09. The minimum absolute atomic E-state index is 0.0915. The number of fused-ring (bicyclic) bond motifs is 3. The summed E-state index contributed by atoms with van der Waals surface area (Å²) in [6.45, 7) is 4.66. The molecule has 0 aromatic heterocycles. The van der Waals surface area contributed by atoms with Crippen LogP contribution < -0.4 is 4.90 Å². The zero-order chi connectivity index (χ0) is 15.7. The summed E-state index contributed by atoms with van der Waals surface area (Å²) in [5, 5.41) is 2.55. The van der Waals surface area contributed by atoms with Crippen LogP contribution in [0.25, 0.3) is 0 Å². The van der Waals surface area contributed by atoms with Gasteiger partial charge in [-0.05, 0) is 25.5 Å². The molecular weight excluding hydrogens is 284 g/mol. The van der Waals surface area contributed by atoms with Crippen LogP contribution in [0.1, 0.15) is 25.8 Å². The van der Waals surface area contributed by atoms with Crippen molar-refractivity contribution in [3.05, 3.63) is 29.8 Å². The number of benzene rings is 1. The van der Waals surface area contributed by atoms with Crippen molar-refractivity contribution in [2.75, 3.05) is 24.7 Å². The van der Waals surface area contributed by atoms with E-state index in [0.29, 0.717) is 12.4 Å². The Labute approximate surface area is 128 Å². The van der Waals surface area contributed by atoms with Crippen LogP contribution in [-0.2, 0) is 4.74 Å². The molecule has 22 heavy (non-hydrogen) atoms. The SMILES string of the molecule is CCCN1C(=O)N2C(=NCN2C(=O)OCC)c2ccccc21. The van der Waals surface area contributed by atoms with E-state index in [9.17, 15) is 9.59 Å². The molecule has 0 saturated carbocycles. The van der Waals surface area contributed by atoms with Crippen LogP contribution in [0.4, 0.5) is 15.3 Å². The Hall–Kier alpha value is -2.57. The van der Waals surface area contributed by atoms with Gasteiger partial charge in [-0.15, -0.1) is 0 Å². The predicted molar refractivity (Wildman–Crippen MR) is 81.6 cm³/mol. The lowest BCUT2D eigenvalue weighted by Gasteiger charge is -2.37. The van der Waals surface area contributed by atoms with Crippen LogP contribution in [0.3, 0.4) is 0 Å². The van der Waals surface area contributed by atoms with Crippen LogP contribution in [0.15, 0.2) is 29.3 Å². The summed E-state index contributed by atoms with van der Waals surface area (Å²) in [6, 6.07) is 7.32. The van der Waals surface area contributed by atoms with Crippen molar-refractivity contribution >= 4 is 23.6 Å². The molecule has 116 valence electrons. The quantitative estimate of drug-likeness (QED) is 0.861. The lowest BCUT2D eigenvalue weighted by atomic mass is 10.1. The van der Waals surface area contributed by atoms with E-state index in [4.69, 9.17) is 4.74 Å². The minimum atomic E-state index is -0.564. The Balaban J connectivity index is 2.02. The standard InChI is InChI=1S/C15H18N4O3/c1-3-9-17-12-8-6-5-7-11(12)13-16-10-18(15(21)22-4-2)19(13)14(17)20/h5-8H,3-4,9-10H2,1-2H3. The van der Waals surface area contributed by atoms with Gasteiger partial charge < -0.3 is 4.74 Å². The number of amidine groups is 1. The molecule has 3 rings (SSSR count). The van der Waals surface area contributed by atoms with Crippen molar-refractivity contribution in [1.29, 1.82) is 0 Å². The summed E-state index contributed by atoms with van der Waals surface area (Å²) >= 11 is 0. The first-order valence-corrected chi connectivity index (χ1v) is 7.38. The van der Waals surface area contributed by atoms with E-state index in [1.165, 1.54) is 10.0 Å². The highest BCUT2D eigenvalue weighted by molar-refractivity contribution is 6.20. The molecule has 2 heterocycles. The number of para-hydroxylation sites is 1. The number of nitrogens with zero attached hydrogens (tertiary/aromatic N) is 4. The van der Waals surface area contributed by atoms with Gasteiger partial charge >= 0.3 is 12.1 Å². The molecule has 7 heteroatoms. The van der Waals surface area contributed by atoms with Crippen LogP contribution in [0, 0.1) is 0 Å². The Morgan fingerprint density at radius 2 is 2.09 bits per heavy atom. The van der Waals surface area contributed by atoms with Crippen LogP contribution in [0.5, 0.6) is 0 Å². The van der Waals surface area contributed by atoms with Crippen molar-refractivity contribution in [1.82, 2.24) is 10.0 Å². The molecule has 0 fully saturated rings. The first-order valence-electron chi connectivity index (χ1n) is 7.38. The topological polar surface area (TPSA) is 65.5 Å². The van der Waals surface area contributed by atoms with Gasteiger partial charge in [0.15, 0.2) is 5.84 Å². The number of hydrazine groups is 1. The number of carbonyl (C=O) groups is 2. The predicted octanol–water partition coefficient (Wildman–Crippen LogP) is 2.43. The highest BCUT2D eigenvalue weighted by Crippen LogP contribution is 2.32. The van der Waals surface area contributed by atoms with Crippen molar-refractivity contribution in [2.24, 2.45) is 4.99 Å². The van der Waals surface area contributed by atoms with Crippen LogP contribution >= 0.6 is 0 Å². The first-order chi connectivity index (χ1) is 10.7. The van der Waals surface area contributed by atoms with Gasteiger partial charge in [0.25, 0.3) is 0 Å². The zero-order valence-electron chi connectivity index (χ0n) is 12.7. The molecule has 0 atom stereocenters. The molecule has 0 saturated heterocycles. The average molecular weight is 302 g/mol. The van der Waals surface area contributed by atoms with Gasteiger partial charge in [0.1, 0.15) is 6.67 Å². The summed E-state index contributed by atoms with van der Waals surface area (Å²) in [7, 11) is 0. The summed E-state index contributed by atoms with van der Waals surface area (Å²) in [4.78, 5) is 30.9. The Bertz CT molecular complexity index is 643. The van der Waals surface area contributed by atoms with Gasteiger partial charge in [-0.25, -0.2) is 14.6 Å². The van der Waals surface area contributed by atoms with Crippen molar-refractivity contribution in [2.45, 2.75) is 20.3 Å². The third-order valence-electron chi connectivity index (χ3n) is 3.57. The molecular formula is C15H18N4O3. The molecule has 2 aliphatic heterocycles. The fraction of sp³-hybridized carbons (Fsp3) is 0.400. The molecule has 7 nitrogen and oxygen atoms in total. The Morgan fingerprint density at radius 3 is 2.82 bits per heavy atom. The normalized spacial score (nSPS) is 16.4. The van der Waals surface area contributed by atoms with E-state index in [0.717, 1.165) is 17.7 Å². The largest absolute Gasteiger partial charge is 0.448 e. The number of hydrogen-bond donors (Lipinski definition) is 0. The van der Waals surface area contributed by atoms with Gasteiger partial charge in [-0.1, -0.05) is 19.1 Å². The van der Waals surface area contributed by atoms with Gasteiger partial charge in [-0.3, -0.25) is 4.90 Å². The number of hydrogen-bond acceptors (Lipinski definition) is 4. The zero-order valence-corrected chi connectivity index (χ0v) is 12.7. The molecule has 0 unspecified atom stereocenters. The molecule has 1 aromatic rings. The Morgan fingerprint density at radius 1 is 1.32 bits per heavy atom. The first kappa shape index (κ1) is 14.4. The van der Waals surface area contributed by atoms with E-state index < -0.39 is 6.09 Å².